The van der Waals surface area contributed by atoms with E-state index >= 15 is 0 Å². The third kappa shape index (κ3) is 4.77. The summed E-state index contributed by atoms with van der Waals surface area (Å²) < 4.78 is 0. The molecule has 3 aromatic carbocycles. The Balaban J connectivity index is 1.69. The van der Waals surface area contributed by atoms with Gasteiger partial charge in [0, 0.05) is 5.69 Å². The highest BCUT2D eigenvalue weighted by atomic mass is 32.2. The maximum Gasteiger partial charge on any atom is 0.234 e. The molecular weight excluding hydrogens is 338 g/mol. The van der Waals surface area contributed by atoms with Crippen molar-refractivity contribution in [2.45, 2.75) is 19.1 Å². The van der Waals surface area contributed by atoms with E-state index in [9.17, 15) is 4.79 Å². The minimum absolute atomic E-state index is 0.0233. The summed E-state index contributed by atoms with van der Waals surface area (Å²) in [6.45, 7) is 4.13. The van der Waals surface area contributed by atoms with Gasteiger partial charge in [-0.25, -0.2) is 0 Å². The number of hydrogen-bond donors (Lipinski definition) is 1. The van der Waals surface area contributed by atoms with Crippen molar-refractivity contribution in [3.63, 3.8) is 0 Å². The van der Waals surface area contributed by atoms with Crippen LogP contribution in [0.15, 0.2) is 78.9 Å². The Morgan fingerprint density at radius 1 is 0.846 bits per heavy atom. The van der Waals surface area contributed by atoms with Crippen LogP contribution < -0.4 is 5.32 Å². The van der Waals surface area contributed by atoms with Crippen LogP contribution in [0.25, 0.3) is 0 Å². The van der Waals surface area contributed by atoms with Crippen LogP contribution in [-0.4, -0.2) is 11.7 Å². The summed E-state index contributed by atoms with van der Waals surface area (Å²) in [4.78, 5) is 12.4. The predicted molar refractivity (Wildman–Crippen MR) is 112 cm³/mol. The number of thioether (sulfide) groups is 1. The van der Waals surface area contributed by atoms with Crippen molar-refractivity contribution in [3.8, 4) is 0 Å². The van der Waals surface area contributed by atoms with Crippen LogP contribution in [0.4, 0.5) is 5.69 Å². The molecule has 0 aliphatic rings. The van der Waals surface area contributed by atoms with Crippen molar-refractivity contribution in [1.82, 2.24) is 0 Å². The second-order valence-electron chi connectivity index (χ2n) is 6.36. The van der Waals surface area contributed by atoms with Crippen molar-refractivity contribution in [2.24, 2.45) is 0 Å². The molecular formula is C23H23NOS. The molecule has 0 saturated carbocycles. The number of carbonyl (C=O) groups excluding carboxylic acids is 1. The third-order valence-electron chi connectivity index (χ3n) is 4.38. The summed E-state index contributed by atoms with van der Waals surface area (Å²) in [5.41, 5.74) is 5.69. The molecule has 3 rings (SSSR count). The molecule has 0 heterocycles. The Kier molecular flexibility index (Phi) is 6.13. The Labute approximate surface area is 159 Å². The lowest BCUT2D eigenvalue weighted by molar-refractivity contribution is -0.113. The van der Waals surface area contributed by atoms with Crippen molar-refractivity contribution in [2.75, 3.05) is 11.1 Å². The SMILES string of the molecule is Cc1ccc(NC(=O)CSC(c2ccccc2)c2ccccc2)cc1C. The normalized spacial score (nSPS) is 10.7. The van der Waals surface area contributed by atoms with Crippen LogP contribution in [0.3, 0.4) is 0 Å². The molecule has 3 heteroatoms. The van der Waals surface area contributed by atoms with Crippen molar-refractivity contribution in [3.05, 3.63) is 101 Å². The highest BCUT2D eigenvalue weighted by Crippen LogP contribution is 2.35. The number of hydrogen-bond acceptors (Lipinski definition) is 2. The number of benzene rings is 3. The summed E-state index contributed by atoms with van der Waals surface area (Å²) in [7, 11) is 0. The van der Waals surface area contributed by atoms with Gasteiger partial charge in [0.05, 0.1) is 11.0 Å². The van der Waals surface area contributed by atoms with Crippen LogP contribution in [0.2, 0.25) is 0 Å². The van der Waals surface area contributed by atoms with Gasteiger partial charge in [-0.05, 0) is 48.2 Å². The smallest absolute Gasteiger partial charge is 0.234 e. The average molecular weight is 362 g/mol. The summed E-state index contributed by atoms with van der Waals surface area (Å²) >= 11 is 1.65. The zero-order valence-electron chi connectivity index (χ0n) is 15.1. The van der Waals surface area contributed by atoms with Gasteiger partial charge in [0.15, 0.2) is 0 Å². The van der Waals surface area contributed by atoms with Crippen LogP contribution in [-0.2, 0) is 4.79 Å². The Bertz CT molecular complexity index is 822. The monoisotopic (exact) mass is 361 g/mol. The van der Waals surface area contributed by atoms with E-state index in [1.54, 1.807) is 11.8 Å². The Morgan fingerprint density at radius 2 is 1.42 bits per heavy atom. The van der Waals surface area contributed by atoms with E-state index < -0.39 is 0 Å². The second-order valence-corrected chi connectivity index (χ2v) is 7.45. The molecule has 0 aliphatic heterocycles. The molecule has 0 aliphatic carbocycles. The summed E-state index contributed by atoms with van der Waals surface area (Å²) in [6, 6.07) is 26.7. The van der Waals surface area contributed by atoms with Crippen molar-refractivity contribution in [1.29, 1.82) is 0 Å². The van der Waals surface area contributed by atoms with Crippen molar-refractivity contribution < 1.29 is 4.79 Å². The Hall–Kier alpha value is -2.52. The number of aryl methyl sites for hydroxylation is 2. The number of nitrogens with one attached hydrogen (secondary N) is 1. The first-order valence-corrected chi connectivity index (χ1v) is 9.77. The molecule has 0 aromatic heterocycles. The molecule has 26 heavy (non-hydrogen) atoms. The number of carbonyl (C=O) groups is 1. The molecule has 0 spiro atoms. The first-order valence-electron chi connectivity index (χ1n) is 8.72. The second kappa shape index (κ2) is 8.72. The van der Waals surface area contributed by atoms with Gasteiger partial charge < -0.3 is 5.32 Å². The zero-order valence-corrected chi connectivity index (χ0v) is 15.9. The standard InChI is InChI=1S/C23H23NOS/c1-17-13-14-21(15-18(17)2)24-22(25)16-26-23(19-9-5-3-6-10-19)20-11-7-4-8-12-20/h3-15,23H,16H2,1-2H3,(H,24,25). The van der Waals surface area contributed by atoms with Gasteiger partial charge in [-0.15, -0.1) is 11.8 Å². The van der Waals surface area contributed by atoms with E-state index in [1.807, 2.05) is 54.6 Å². The van der Waals surface area contributed by atoms with Crippen LogP contribution in [0, 0.1) is 13.8 Å². The molecule has 132 valence electrons. The molecule has 0 saturated heterocycles. The topological polar surface area (TPSA) is 29.1 Å². The highest BCUT2D eigenvalue weighted by molar-refractivity contribution is 8.00. The van der Waals surface area contributed by atoms with E-state index in [2.05, 4.69) is 43.4 Å². The molecule has 0 bridgehead atoms. The van der Waals surface area contributed by atoms with Gasteiger partial charge in [0.1, 0.15) is 0 Å². The maximum atomic E-state index is 12.4. The van der Waals surface area contributed by atoms with Crippen LogP contribution in [0.5, 0.6) is 0 Å². The molecule has 0 atom stereocenters. The van der Waals surface area contributed by atoms with Gasteiger partial charge in [-0.1, -0.05) is 66.7 Å². The molecule has 3 aromatic rings. The molecule has 0 unspecified atom stereocenters. The van der Waals surface area contributed by atoms with E-state index in [0.29, 0.717) is 5.75 Å². The van der Waals surface area contributed by atoms with Gasteiger partial charge in [0.25, 0.3) is 0 Å². The van der Waals surface area contributed by atoms with Crippen LogP contribution in [0.1, 0.15) is 27.5 Å². The molecule has 1 N–H and O–H groups in total. The van der Waals surface area contributed by atoms with Crippen LogP contribution >= 0.6 is 11.8 Å². The number of rotatable bonds is 6. The largest absolute Gasteiger partial charge is 0.325 e. The van der Waals surface area contributed by atoms with E-state index in [4.69, 9.17) is 0 Å². The first-order chi connectivity index (χ1) is 12.6. The third-order valence-corrected chi connectivity index (χ3v) is 5.68. The first kappa shape index (κ1) is 18.3. The molecule has 0 fully saturated rings. The number of amides is 1. The van der Waals surface area contributed by atoms with Crippen molar-refractivity contribution >= 4 is 23.4 Å². The fraction of sp³-hybridized carbons (Fsp3) is 0.174. The van der Waals surface area contributed by atoms with Gasteiger partial charge in [-0.2, -0.15) is 0 Å². The average Bonchev–Trinajstić information content (AvgIpc) is 2.67. The van der Waals surface area contributed by atoms with E-state index in [0.717, 1.165) is 5.69 Å². The molecule has 1 amide bonds. The lowest BCUT2D eigenvalue weighted by Gasteiger charge is -2.17. The van der Waals surface area contributed by atoms with Gasteiger partial charge >= 0.3 is 0 Å². The molecule has 2 nitrogen and oxygen atoms in total. The van der Waals surface area contributed by atoms with E-state index in [-0.39, 0.29) is 11.2 Å². The van der Waals surface area contributed by atoms with Gasteiger partial charge in [-0.3, -0.25) is 4.79 Å². The predicted octanol–water partition coefficient (Wildman–Crippen LogP) is 5.76. The van der Waals surface area contributed by atoms with Gasteiger partial charge in [0.2, 0.25) is 5.91 Å². The lowest BCUT2D eigenvalue weighted by atomic mass is 10.0. The lowest BCUT2D eigenvalue weighted by Crippen LogP contribution is -2.15. The number of anilines is 1. The summed E-state index contributed by atoms with van der Waals surface area (Å²) in [5.74, 6) is 0.427. The fourth-order valence-electron chi connectivity index (χ4n) is 2.82. The fourth-order valence-corrected chi connectivity index (χ4v) is 3.91. The quantitative estimate of drug-likeness (QED) is 0.604. The minimum atomic E-state index is 0.0233. The minimum Gasteiger partial charge on any atom is -0.325 e. The zero-order chi connectivity index (χ0) is 18.4. The summed E-state index contributed by atoms with van der Waals surface area (Å²) in [5, 5.41) is 3.15. The van der Waals surface area contributed by atoms with E-state index in [1.165, 1.54) is 22.3 Å². The maximum absolute atomic E-state index is 12.4. The summed E-state index contributed by atoms with van der Waals surface area (Å²) in [6.07, 6.45) is 0. The Morgan fingerprint density at radius 3 is 1.96 bits per heavy atom. The molecule has 0 radical (unpaired) electrons. The highest BCUT2D eigenvalue weighted by Gasteiger charge is 2.16.